The van der Waals surface area contributed by atoms with Crippen molar-refractivity contribution in [1.82, 2.24) is 4.98 Å². The molecule has 66 valence electrons. The normalized spacial score (nSPS) is 9.92. The van der Waals surface area contributed by atoms with E-state index in [2.05, 4.69) is 9.92 Å². The Balaban J connectivity index is 2.51. The molecular weight excluding hydrogens is 229 g/mol. The molecule has 1 aromatic heterocycles. The molecule has 0 aliphatic heterocycles. The van der Waals surface area contributed by atoms with Crippen LogP contribution in [0.1, 0.15) is 0 Å². The molecule has 1 aromatic carbocycles. The van der Waals surface area contributed by atoms with E-state index < -0.39 is 0 Å². The maximum atomic E-state index is 5.26. The van der Waals surface area contributed by atoms with Gasteiger partial charge >= 0.3 is 82.6 Å². The Labute approximate surface area is 82.9 Å². The molecular formula is C10H9NOSe. The van der Waals surface area contributed by atoms with Crippen LogP contribution in [-0.4, -0.2) is 26.6 Å². The van der Waals surface area contributed by atoms with Gasteiger partial charge in [0.25, 0.3) is 0 Å². The van der Waals surface area contributed by atoms with E-state index in [1.807, 2.05) is 30.5 Å². The number of hydrogen-bond acceptors (Lipinski definition) is 2. The topological polar surface area (TPSA) is 22.1 Å². The Kier molecular flexibility index (Phi) is 2.48. The van der Waals surface area contributed by atoms with Gasteiger partial charge in [0.1, 0.15) is 0 Å². The molecule has 0 atom stereocenters. The molecule has 3 heteroatoms. The van der Waals surface area contributed by atoms with E-state index in [4.69, 9.17) is 4.74 Å². The molecule has 0 aliphatic carbocycles. The fraction of sp³-hybridized carbons (Fsp3) is 0.100. The van der Waals surface area contributed by atoms with E-state index >= 15 is 0 Å². The van der Waals surface area contributed by atoms with Gasteiger partial charge in [0, 0.05) is 0 Å². The van der Waals surface area contributed by atoms with E-state index in [0.29, 0.717) is 14.5 Å². The van der Waals surface area contributed by atoms with Gasteiger partial charge in [0.2, 0.25) is 0 Å². The number of methoxy groups -OCH3 is 1. The Morgan fingerprint density at radius 2 is 2.15 bits per heavy atom. The molecule has 0 aliphatic rings. The fourth-order valence-corrected chi connectivity index (χ4v) is 2.58. The van der Waals surface area contributed by atoms with E-state index in [0.717, 1.165) is 15.9 Å². The van der Waals surface area contributed by atoms with Crippen molar-refractivity contribution in [2.45, 2.75) is 0 Å². The quantitative estimate of drug-likeness (QED) is 0.744. The van der Waals surface area contributed by atoms with Crippen molar-refractivity contribution in [1.29, 1.82) is 0 Å². The molecule has 0 amide bonds. The van der Waals surface area contributed by atoms with Crippen molar-refractivity contribution in [2.75, 3.05) is 7.11 Å². The summed E-state index contributed by atoms with van der Waals surface area (Å²) in [5, 5.41) is 0. The van der Waals surface area contributed by atoms with E-state index in [9.17, 15) is 0 Å². The van der Waals surface area contributed by atoms with Crippen LogP contribution in [0.15, 0.2) is 35.4 Å². The summed E-state index contributed by atoms with van der Waals surface area (Å²) in [7, 11) is 1.69. The van der Waals surface area contributed by atoms with Crippen LogP contribution in [0.3, 0.4) is 0 Å². The molecule has 0 radical (unpaired) electrons. The second-order valence-corrected chi connectivity index (χ2v) is 4.41. The summed E-state index contributed by atoms with van der Waals surface area (Å²) in [6.07, 6.45) is 1.86. The molecule has 0 bridgehead atoms. The number of aromatic nitrogens is 1. The first-order chi connectivity index (χ1) is 6.42. The second-order valence-electron chi connectivity index (χ2n) is 2.54. The summed E-state index contributed by atoms with van der Waals surface area (Å²) < 4.78 is 6.40. The van der Waals surface area contributed by atoms with Crippen molar-refractivity contribution in [3.05, 3.63) is 35.4 Å². The summed E-state index contributed by atoms with van der Waals surface area (Å²) in [5.41, 5.74) is 1.12. The van der Waals surface area contributed by atoms with Crippen LogP contribution in [0.25, 0.3) is 10.1 Å². The van der Waals surface area contributed by atoms with Crippen LogP contribution in [0.5, 0.6) is 5.75 Å². The Morgan fingerprint density at radius 1 is 1.31 bits per heavy atom. The summed E-state index contributed by atoms with van der Waals surface area (Å²) in [4.78, 5) is 6.40. The predicted octanol–water partition coefficient (Wildman–Crippen LogP) is 1.81. The molecule has 0 fully saturated rings. The molecule has 2 aromatic rings. The Hall–Kier alpha value is -1.05. The summed E-state index contributed by atoms with van der Waals surface area (Å²) in [6, 6.07) is 7.99. The third-order valence-corrected chi connectivity index (χ3v) is 3.46. The van der Waals surface area contributed by atoms with Gasteiger partial charge in [-0.15, -0.1) is 0 Å². The number of ether oxygens (including phenoxy) is 1. The monoisotopic (exact) mass is 239 g/mol. The number of benzene rings is 1. The van der Waals surface area contributed by atoms with Crippen molar-refractivity contribution in [3.63, 3.8) is 0 Å². The van der Waals surface area contributed by atoms with Crippen molar-refractivity contribution in [3.8, 4) is 15.9 Å². The Morgan fingerprint density at radius 3 is 2.85 bits per heavy atom. The van der Waals surface area contributed by atoms with Crippen LogP contribution in [0.4, 0.5) is 0 Å². The third kappa shape index (κ3) is 1.67. The van der Waals surface area contributed by atoms with E-state index in [1.165, 1.54) is 0 Å². The molecule has 2 nitrogen and oxygen atoms in total. The SMILES string of the molecule is COc1ccccc1-c1ncc[se]1. The first kappa shape index (κ1) is 8.54. The summed E-state index contributed by atoms with van der Waals surface area (Å²) in [5.74, 6) is 0.909. The molecule has 0 saturated heterocycles. The van der Waals surface area contributed by atoms with Gasteiger partial charge in [-0.05, 0) is 0 Å². The van der Waals surface area contributed by atoms with Gasteiger partial charge in [0.15, 0.2) is 0 Å². The standard InChI is InChI=1S/C10H9NOSe/c1-12-9-5-3-2-4-8(9)10-11-6-7-13-10/h2-7H,1H3. The van der Waals surface area contributed by atoms with Crippen molar-refractivity contribution in [2.24, 2.45) is 0 Å². The van der Waals surface area contributed by atoms with Crippen molar-refractivity contribution < 1.29 is 4.74 Å². The molecule has 0 spiro atoms. The summed E-state index contributed by atoms with van der Waals surface area (Å²) >= 11 is 0.370. The van der Waals surface area contributed by atoms with Crippen LogP contribution < -0.4 is 4.74 Å². The number of nitrogens with zero attached hydrogens (tertiary/aromatic N) is 1. The van der Waals surface area contributed by atoms with Crippen LogP contribution in [0.2, 0.25) is 0 Å². The van der Waals surface area contributed by atoms with Gasteiger partial charge in [-0.1, -0.05) is 0 Å². The first-order valence-corrected chi connectivity index (χ1v) is 5.79. The van der Waals surface area contributed by atoms with Gasteiger partial charge < -0.3 is 0 Å². The number of rotatable bonds is 2. The fourth-order valence-electron chi connectivity index (χ4n) is 1.18. The zero-order valence-corrected chi connectivity index (χ0v) is 8.94. The third-order valence-electron chi connectivity index (χ3n) is 1.77. The number of para-hydroxylation sites is 1. The van der Waals surface area contributed by atoms with Crippen LogP contribution >= 0.6 is 0 Å². The first-order valence-electron chi connectivity index (χ1n) is 3.94. The molecule has 0 N–H and O–H groups in total. The average molecular weight is 238 g/mol. The zero-order chi connectivity index (χ0) is 9.10. The van der Waals surface area contributed by atoms with Gasteiger partial charge in [-0.25, -0.2) is 0 Å². The van der Waals surface area contributed by atoms with Crippen LogP contribution in [0, 0.1) is 0 Å². The minimum absolute atomic E-state index is 0.370. The zero-order valence-electron chi connectivity index (χ0n) is 7.23. The maximum absolute atomic E-state index is 5.26. The predicted molar refractivity (Wildman–Crippen MR) is 53.2 cm³/mol. The minimum atomic E-state index is 0.370. The van der Waals surface area contributed by atoms with Gasteiger partial charge in [-0.2, -0.15) is 0 Å². The number of hydrogen-bond donors (Lipinski definition) is 0. The van der Waals surface area contributed by atoms with Gasteiger partial charge in [0.05, 0.1) is 0 Å². The molecule has 0 unspecified atom stereocenters. The van der Waals surface area contributed by atoms with Crippen molar-refractivity contribution >= 4 is 14.5 Å². The second kappa shape index (κ2) is 3.77. The van der Waals surface area contributed by atoms with Crippen LogP contribution in [-0.2, 0) is 0 Å². The molecule has 2 rings (SSSR count). The molecule has 0 saturated carbocycles. The summed E-state index contributed by atoms with van der Waals surface area (Å²) in [6.45, 7) is 0. The Bertz CT molecular complexity index is 384. The molecule has 1 heterocycles. The average Bonchev–Trinajstić information content (AvgIpc) is 2.70. The van der Waals surface area contributed by atoms with Gasteiger partial charge in [-0.3, -0.25) is 0 Å². The van der Waals surface area contributed by atoms with E-state index in [-0.39, 0.29) is 0 Å². The molecule has 13 heavy (non-hydrogen) atoms. The van der Waals surface area contributed by atoms with E-state index in [1.54, 1.807) is 7.11 Å².